The van der Waals surface area contributed by atoms with E-state index in [9.17, 15) is 19.8 Å². The molecule has 0 spiro atoms. The molecule has 144 valence electrons. The molecule has 0 bridgehead atoms. The molecule has 0 heterocycles. The number of carbonyl (C=O) groups is 2. The zero-order valence-corrected chi connectivity index (χ0v) is 17.4. The number of carboxylic acid groups (broad SMARTS) is 2. The maximum Gasteiger partial charge on any atom is 0.336 e. The second kappa shape index (κ2) is 7.39. The molecular formula is C22H26O4S. The van der Waals surface area contributed by atoms with E-state index in [4.69, 9.17) is 0 Å². The lowest BCUT2D eigenvalue weighted by molar-refractivity contribution is 0.0683. The summed E-state index contributed by atoms with van der Waals surface area (Å²) in [5.74, 6) is -2.04. The second-order valence-corrected chi connectivity index (χ2v) is 9.72. The lowest BCUT2D eigenvalue weighted by Crippen LogP contribution is -2.13. The summed E-state index contributed by atoms with van der Waals surface area (Å²) in [6.45, 7) is 12.1. The van der Waals surface area contributed by atoms with E-state index in [0.717, 1.165) is 11.1 Å². The van der Waals surface area contributed by atoms with Gasteiger partial charge in [0.25, 0.3) is 0 Å². The Morgan fingerprint density at radius 3 is 1.30 bits per heavy atom. The van der Waals surface area contributed by atoms with Gasteiger partial charge in [-0.1, -0.05) is 65.4 Å². The molecule has 5 heteroatoms. The SMILES string of the molecule is CC(C)(C)c1ccc(Sc2ccc(C(C)(C)C)cc2C(=O)O)c(C(=O)O)c1. The van der Waals surface area contributed by atoms with Gasteiger partial charge in [0.05, 0.1) is 11.1 Å². The third-order valence-corrected chi connectivity index (χ3v) is 5.52. The smallest absolute Gasteiger partial charge is 0.336 e. The summed E-state index contributed by atoms with van der Waals surface area (Å²) in [7, 11) is 0. The van der Waals surface area contributed by atoms with E-state index >= 15 is 0 Å². The molecule has 0 unspecified atom stereocenters. The van der Waals surface area contributed by atoms with Gasteiger partial charge in [0, 0.05) is 9.79 Å². The van der Waals surface area contributed by atoms with Gasteiger partial charge in [-0.05, 0) is 46.2 Å². The van der Waals surface area contributed by atoms with Crippen molar-refractivity contribution in [2.45, 2.75) is 62.2 Å². The summed E-state index contributed by atoms with van der Waals surface area (Å²) < 4.78 is 0. The first-order valence-electron chi connectivity index (χ1n) is 8.74. The van der Waals surface area contributed by atoms with Gasteiger partial charge in [0.1, 0.15) is 0 Å². The van der Waals surface area contributed by atoms with Crippen LogP contribution in [0.3, 0.4) is 0 Å². The van der Waals surface area contributed by atoms with Crippen LogP contribution in [0, 0.1) is 0 Å². The predicted molar refractivity (Wildman–Crippen MR) is 108 cm³/mol. The van der Waals surface area contributed by atoms with Crippen molar-refractivity contribution in [2.24, 2.45) is 0 Å². The van der Waals surface area contributed by atoms with Gasteiger partial charge in [-0.25, -0.2) is 9.59 Å². The van der Waals surface area contributed by atoms with Gasteiger partial charge < -0.3 is 10.2 Å². The fraction of sp³-hybridized carbons (Fsp3) is 0.364. The molecule has 0 atom stereocenters. The summed E-state index contributed by atoms with van der Waals surface area (Å²) >= 11 is 1.17. The van der Waals surface area contributed by atoms with Gasteiger partial charge >= 0.3 is 11.9 Å². The largest absolute Gasteiger partial charge is 0.478 e. The van der Waals surface area contributed by atoms with E-state index in [1.807, 2.05) is 53.7 Å². The summed E-state index contributed by atoms with van der Waals surface area (Å²) in [4.78, 5) is 24.6. The Morgan fingerprint density at radius 2 is 1.04 bits per heavy atom. The second-order valence-electron chi connectivity index (χ2n) is 8.63. The highest BCUT2D eigenvalue weighted by atomic mass is 32.2. The molecule has 2 rings (SSSR count). The van der Waals surface area contributed by atoms with Crippen molar-refractivity contribution < 1.29 is 19.8 Å². The van der Waals surface area contributed by atoms with Crippen LogP contribution in [0.25, 0.3) is 0 Å². The molecule has 2 aromatic rings. The van der Waals surface area contributed by atoms with Crippen LogP contribution >= 0.6 is 11.8 Å². The average Bonchev–Trinajstić information content (AvgIpc) is 2.53. The van der Waals surface area contributed by atoms with Crippen LogP contribution < -0.4 is 0 Å². The highest BCUT2D eigenvalue weighted by Crippen LogP contribution is 2.37. The molecule has 0 aliphatic rings. The first kappa shape index (κ1) is 21.0. The molecule has 0 amide bonds. The molecule has 0 fully saturated rings. The maximum atomic E-state index is 11.8. The van der Waals surface area contributed by atoms with Crippen molar-refractivity contribution in [1.29, 1.82) is 0 Å². The lowest BCUT2D eigenvalue weighted by Gasteiger charge is -2.21. The Labute approximate surface area is 164 Å². The summed E-state index contributed by atoms with van der Waals surface area (Å²) in [6, 6.07) is 10.7. The fourth-order valence-electron chi connectivity index (χ4n) is 2.62. The molecule has 0 aliphatic carbocycles. The van der Waals surface area contributed by atoms with Gasteiger partial charge in [-0.15, -0.1) is 0 Å². The topological polar surface area (TPSA) is 74.6 Å². The Kier molecular flexibility index (Phi) is 5.76. The zero-order valence-electron chi connectivity index (χ0n) is 16.6. The highest BCUT2D eigenvalue weighted by molar-refractivity contribution is 7.99. The van der Waals surface area contributed by atoms with E-state index < -0.39 is 11.9 Å². The number of hydrogen-bond acceptors (Lipinski definition) is 3. The van der Waals surface area contributed by atoms with Crippen molar-refractivity contribution in [3.63, 3.8) is 0 Å². The van der Waals surface area contributed by atoms with Crippen molar-refractivity contribution in [3.05, 3.63) is 58.7 Å². The Balaban J connectivity index is 2.53. The molecule has 0 aliphatic heterocycles. The summed E-state index contributed by atoms with van der Waals surface area (Å²) in [6.07, 6.45) is 0. The first-order valence-corrected chi connectivity index (χ1v) is 9.56. The third-order valence-electron chi connectivity index (χ3n) is 4.37. The van der Waals surface area contributed by atoms with E-state index in [0.29, 0.717) is 9.79 Å². The van der Waals surface area contributed by atoms with Crippen molar-refractivity contribution in [1.82, 2.24) is 0 Å². The molecule has 0 saturated heterocycles. The molecule has 4 nitrogen and oxygen atoms in total. The number of carboxylic acids is 2. The van der Waals surface area contributed by atoms with Crippen LogP contribution in [0.15, 0.2) is 46.2 Å². The number of hydrogen-bond donors (Lipinski definition) is 2. The van der Waals surface area contributed by atoms with Gasteiger partial charge in [-0.2, -0.15) is 0 Å². The maximum absolute atomic E-state index is 11.8. The minimum Gasteiger partial charge on any atom is -0.478 e. The van der Waals surface area contributed by atoms with Crippen molar-refractivity contribution >= 4 is 23.7 Å². The summed E-state index contributed by atoms with van der Waals surface area (Å²) in [5, 5.41) is 19.3. The van der Waals surface area contributed by atoms with Gasteiger partial charge in [0.2, 0.25) is 0 Å². The summed E-state index contributed by atoms with van der Waals surface area (Å²) in [5.41, 5.74) is 1.87. The Morgan fingerprint density at radius 1 is 0.704 bits per heavy atom. The average molecular weight is 387 g/mol. The molecule has 0 radical (unpaired) electrons. The minimum absolute atomic E-state index is 0.173. The molecule has 2 N–H and O–H groups in total. The van der Waals surface area contributed by atoms with Crippen LogP contribution in [-0.4, -0.2) is 22.2 Å². The highest BCUT2D eigenvalue weighted by Gasteiger charge is 2.22. The van der Waals surface area contributed by atoms with Crippen LogP contribution in [-0.2, 0) is 10.8 Å². The third kappa shape index (κ3) is 4.92. The van der Waals surface area contributed by atoms with Crippen LogP contribution in [0.5, 0.6) is 0 Å². The number of aromatic carboxylic acids is 2. The normalized spacial score (nSPS) is 12.1. The molecule has 27 heavy (non-hydrogen) atoms. The molecular weight excluding hydrogens is 360 g/mol. The van der Waals surface area contributed by atoms with Crippen LogP contribution in [0.4, 0.5) is 0 Å². The van der Waals surface area contributed by atoms with E-state index in [2.05, 4.69) is 0 Å². The number of rotatable bonds is 4. The molecule has 0 aromatic heterocycles. The predicted octanol–water partition coefficient (Wildman–Crippen LogP) is 5.83. The Bertz CT molecular complexity index is 813. The van der Waals surface area contributed by atoms with E-state index in [1.54, 1.807) is 24.3 Å². The van der Waals surface area contributed by atoms with Crippen molar-refractivity contribution in [3.8, 4) is 0 Å². The standard InChI is InChI=1S/C22H26O4S/c1-21(2,3)13-7-9-17(15(11-13)19(23)24)27-18-10-8-14(22(4,5)6)12-16(18)20(25)26/h7-12H,1-6H3,(H,23,24)(H,25,26). The molecule has 2 aromatic carbocycles. The zero-order chi connectivity index (χ0) is 20.6. The monoisotopic (exact) mass is 386 g/mol. The van der Waals surface area contributed by atoms with Gasteiger partial charge in [-0.3, -0.25) is 0 Å². The van der Waals surface area contributed by atoms with E-state index in [-0.39, 0.29) is 22.0 Å². The van der Waals surface area contributed by atoms with Crippen LogP contribution in [0.1, 0.15) is 73.4 Å². The molecule has 0 saturated carbocycles. The van der Waals surface area contributed by atoms with Crippen molar-refractivity contribution in [2.75, 3.05) is 0 Å². The van der Waals surface area contributed by atoms with Crippen LogP contribution in [0.2, 0.25) is 0 Å². The fourth-order valence-corrected chi connectivity index (χ4v) is 3.65. The quantitative estimate of drug-likeness (QED) is 0.691. The Hall–Kier alpha value is -2.27. The van der Waals surface area contributed by atoms with E-state index in [1.165, 1.54) is 11.8 Å². The van der Waals surface area contributed by atoms with Gasteiger partial charge in [0.15, 0.2) is 0 Å². The number of benzene rings is 2. The first-order chi connectivity index (χ1) is 12.3. The lowest BCUT2D eigenvalue weighted by atomic mass is 9.86. The minimum atomic E-state index is -1.02.